The van der Waals surface area contributed by atoms with Crippen LogP contribution >= 0.6 is 11.6 Å². The summed E-state index contributed by atoms with van der Waals surface area (Å²) in [6.45, 7) is 3.03. The Kier molecular flexibility index (Phi) is 10.6. The summed E-state index contributed by atoms with van der Waals surface area (Å²) in [4.78, 5) is 20.7. The van der Waals surface area contributed by atoms with Crippen LogP contribution in [0.15, 0.2) is 30.5 Å². The van der Waals surface area contributed by atoms with Crippen molar-refractivity contribution in [3.8, 4) is 11.3 Å². The fourth-order valence-corrected chi connectivity index (χ4v) is 4.23. The van der Waals surface area contributed by atoms with E-state index in [1.165, 1.54) is 11.1 Å². The normalized spacial score (nSPS) is 17.3. The van der Waals surface area contributed by atoms with Crippen molar-refractivity contribution in [2.24, 2.45) is 5.92 Å². The number of hydrogen-bond acceptors (Lipinski definition) is 6. The molecule has 0 aromatic carbocycles. The van der Waals surface area contributed by atoms with Crippen LogP contribution in [0, 0.1) is 5.92 Å². The lowest BCUT2D eigenvalue weighted by atomic mass is 10.0. The smallest absolute Gasteiger partial charge is 0.381 e. The van der Waals surface area contributed by atoms with Crippen molar-refractivity contribution >= 4 is 29.6 Å². The number of hydrogen-bond donors (Lipinski definition) is 2. The van der Waals surface area contributed by atoms with Crippen molar-refractivity contribution in [1.29, 1.82) is 0 Å². The van der Waals surface area contributed by atoms with Crippen LogP contribution in [0.2, 0.25) is 5.02 Å². The molecule has 0 aliphatic carbocycles. The van der Waals surface area contributed by atoms with Gasteiger partial charge in [0.15, 0.2) is 0 Å². The van der Waals surface area contributed by atoms with E-state index < -0.39 is 12.7 Å². The minimum atomic E-state index is -4.02. The van der Waals surface area contributed by atoms with Crippen LogP contribution in [0.5, 0.6) is 0 Å². The van der Waals surface area contributed by atoms with E-state index in [-0.39, 0.29) is 0 Å². The molecule has 2 aromatic rings. The quantitative estimate of drug-likeness (QED) is 0.493. The maximum atomic E-state index is 11.8. The molecule has 2 aromatic heterocycles. The van der Waals surface area contributed by atoms with E-state index in [0.717, 1.165) is 68.9 Å². The van der Waals surface area contributed by atoms with Crippen molar-refractivity contribution in [1.82, 2.24) is 14.9 Å². The topological polar surface area (TPSA) is 79.4 Å². The average Bonchev–Trinajstić information content (AvgIpc) is 2.85. The van der Waals surface area contributed by atoms with Gasteiger partial charge in [0, 0.05) is 31.5 Å². The molecule has 0 unspecified atom stereocenters. The lowest BCUT2D eigenvalue weighted by Crippen LogP contribution is -2.37. The fraction of sp³-hybridized carbons (Fsp3) is 0.542. The predicted molar refractivity (Wildman–Crippen MR) is 131 cm³/mol. The second-order valence-electron chi connectivity index (χ2n) is 8.61. The summed E-state index contributed by atoms with van der Waals surface area (Å²) in [7, 11) is 0. The van der Waals surface area contributed by atoms with Gasteiger partial charge in [-0.25, -0.2) is 9.97 Å². The zero-order valence-electron chi connectivity index (χ0n) is 19.5. The molecule has 0 radical (unpaired) electrons. The Morgan fingerprint density at radius 2 is 1.89 bits per heavy atom. The number of amides is 1. The van der Waals surface area contributed by atoms with Crippen molar-refractivity contribution in [2.75, 3.05) is 50.0 Å². The molecule has 2 aliphatic rings. The molecule has 2 N–H and O–H groups in total. The Bertz CT molecular complexity index is 936. The summed E-state index contributed by atoms with van der Waals surface area (Å²) in [5, 5.41) is 6.40. The van der Waals surface area contributed by atoms with Crippen molar-refractivity contribution in [3.05, 3.63) is 35.5 Å². The monoisotopic (exact) mass is 513 g/mol. The molecule has 7 nitrogen and oxygen atoms in total. The number of nitrogens with zero attached hydrogens (tertiary/aromatic N) is 3. The molecule has 35 heavy (non-hydrogen) atoms. The molecule has 2 fully saturated rings. The van der Waals surface area contributed by atoms with Crippen molar-refractivity contribution in [2.45, 2.75) is 38.3 Å². The number of ether oxygens (including phenoxy) is 1. The zero-order valence-corrected chi connectivity index (χ0v) is 20.2. The summed E-state index contributed by atoms with van der Waals surface area (Å²) in [5.41, 5.74) is 1.46. The number of aromatic nitrogens is 2. The van der Waals surface area contributed by atoms with Crippen molar-refractivity contribution < 1.29 is 22.7 Å². The van der Waals surface area contributed by atoms with E-state index in [1.54, 1.807) is 6.07 Å². The average molecular weight is 514 g/mol. The number of piperidine rings is 1. The highest BCUT2D eigenvalue weighted by Crippen LogP contribution is 2.28. The molecule has 0 saturated carbocycles. The second-order valence-corrected chi connectivity index (χ2v) is 9.02. The Balaban J connectivity index is 0.000000261. The SMILES string of the molecule is FC(F)(F)CN1CCCCC1.O=CNc1cc(-c2cccc(NCC3CCOCC3)n2)c(Cl)cn1. The number of nitrogens with one attached hydrogen (secondary N) is 2. The van der Waals surface area contributed by atoms with Crippen LogP contribution in [-0.4, -0.2) is 66.8 Å². The molecule has 192 valence electrons. The summed E-state index contributed by atoms with van der Waals surface area (Å²) < 4.78 is 40.8. The van der Waals surface area contributed by atoms with Gasteiger partial charge in [-0.2, -0.15) is 13.2 Å². The third kappa shape index (κ3) is 9.62. The minimum absolute atomic E-state index is 0.437. The molecular weight excluding hydrogens is 483 g/mol. The predicted octanol–water partition coefficient (Wildman–Crippen LogP) is 5.24. The highest BCUT2D eigenvalue weighted by atomic mass is 35.5. The lowest BCUT2D eigenvalue weighted by Gasteiger charge is -2.26. The summed E-state index contributed by atoms with van der Waals surface area (Å²) in [6.07, 6.45) is 3.12. The van der Waals surface area contributed by atoms with Crippen LogP contribution in [0.4, 0.5) is 24.8 Å². The van der Waals surface area contributed by atoms with Gasteiger partial charge in [0.2, 0.25) is 6.41 Å². The number of alkyl halides is 3. The number of carbonyl (C=O) groups is 1. The van der Waals surface area contributed by atoms with Crippen LogP contribution < -0.4 is 10.6 Å². The van der Waals surface area contributed by atoms with Crippen LogP contribution in [0.3, 0.4) is 0 Å². The van der Waals surface area contributed by atoms with Gasteiger partial charge in [-0.05, 0) is 62.9 Å². The van der Waals surface area contributed by atoms with Gasteiger partial charge in [-0.1, -0.05) is 24.1 Å². The number of halogens is 4. The first kappa shape index (κ1) is 27.2. The molecule has 11 heteroatoms. The Labute approximate surface area is 208 Å². The lowest BCUT2D eigenvalue weighted by molar-refractivity contribution is -0.147. The van der Waals surface area contributed by atoms with Gasteiger partial charge in [0.1, 0.15) is 11.6 Å². The van der Waals surface area contributed by atoms with Crippen LogP contribution in [0.1, 0.15) is 32.1 Å². The minimum Gasteiger partial charge on any atom is -0.381 e. The number of carbonyl (C=O) groups excluding carboxylic acids is 1. The number of anilines is 2. The third-order valence-electron chi connectivity index (χ3n) is 5.85. The van der Waals surface area contributed by atoms with E-state index in [0.29, 0.717) is 36.3 Å². The van der Waals surface area contributed by atoms with Gasteiger partial charge in [-0.15, -0.1) is 0 Å². The molecule has 4 heterocycles. The van der Waals surface area contributed by atoms with Crippen LogP contribution in [-0.2, 0) is 9.53 Å². The van der Waals surface area contributed by atoms with Crippen LogP contribution in [0.25, 0.3) is 11.3 Å². The molecule has 0 bridgehead atoms. The number of likely N-dealkylation sites (tertiary alicyclic amines) is 1. The van der Waals surface area contributed by atoms with Gasteiger partial charge in [0.05, 0.1) is 17.3 Å². The molecule has 4 rings (SSSR count). The largest absolute Gasteiger partial charge is 0.401 e. The highest BCUT2D eigenvalue weighted by molar-refractivity contribution is 6.33. The van der Waals surface area contributed by atoms with Gasteiger partial charge < -0.3 is 15.4 Å². The first-order valence-corrected chi connectivity index (χ1v) is 12.2. The Hall–Kier alpha value is -2.43. The number of pyridine rings is 2. The summed E-state index contributed by atoms with van der Waals surface area (Å²) in [5.74, 6) is 1.85. The maximum Gasteiger partial charge on any atom is 0.401 e. The first-order chi connectivity index (χ1) is 16.8. The van der Waals surface area contributed by atoms with Gasteiger partial charge in [0.25, 0.3) is 0 Å². The fourth-order valence-electron chi connectivity index (χ4n) is 4.03. The summed E-state index contributed by atoms with van der Waals surface area (Å²) in [6, 6.07) is 7.45. The van der Waals surface area contributed by atoms with E-state index in [1.807, 2.05) is 18.2 Å². The van der Waals surface area contributed by atoms with Gasteiger partial charge in [-0.3, -0.25) is 9.69 Å². The van der Waals surface area contributed by atoms with E-state index in [9.17, 15) is 18.0 Å². The Morgan fingerprint density at radius 3 is 2.57 bits per heavy atom. The van der Waals surface area contributed by atoms with E-state index in [2.05, 4.69) is 20.6 Å². The summed E-state index contributed by atoms with van der Waals surface area (Å²) >= 11 is 6.23. The molecular formula is C24H31ClF3N5O2. The highest BCUT2D eigenvalue weighted by Gasteiger charge is 2.30. The number of rotatable bonds is 7. The molecule has 0 atom stereocenters. The zero-order chi connectivity index (χ0) is 25.1. The molecule has 2 aliphatic heterocycles. The van der Waals surface area contributed by atoms with E-state index in [4.69, 9.17) is 16.3 Å². The molecule has 2 saturated heterocycles. The second kappa shape index (κ2) is 13.6. The maximum absolute atomic E-state index is 11.8. The molecule has 1 amide bonds. The standard InChI is InChI=1S/C17H19ClN4O2.C7H12F3N/c18-14-10-20-17(21-11-23)8-13(14)15-2-1-3-16(22-15)19-9-12-4-6-24-7-5-12;8-7(9,10)6-11-4-2-1-3-5-11/h1-3,8,10-12H,4-7,9H2,(H,19,22)(H,20,21,23);1-6H2. The molecule has 0 spiro atoms. The first-order valence-electron chi connectivity index (χ1n) is 11.8. The van der Waals surface area contributed by atoms with Crippen molar-refractivity contribution in [3.63, 3.8) is 0 Å². The van der Waals surface area contributed by atoms with E-state index >= 15 is 0 Å². The Morgan fingerprint density at radius 1 is 1.14 bits per heavy atom. The third-order valence-corrected chi connectivity index (χ3v) is 6.15. The van der Waals surface area contributed by atoms with Gasteiger partial charge >= 0.3 is 6.18 Å².